The molecule has 1 aromatic rings. The van der Waals surface area contributed by atoms with Crippen molar-refractivity contribution in [3.63, 3.8) is 0 Å². The lowest BCUT2D eigenvalue weighted by Gasteiger charge is -2.21. The molecule has 1 saturated heterocycles. The number of epoxide rings is 1. The molecule has 0 bridgehead atoms. The van der Waals surface area contributed by atoms with Crippen LogP contribution in [0.1, 0.15) is 59.2 Å². The summed E-state index contributed by atoms with van der Waals surface area (Å²) in [7, 11) is 2.97. The molecule has 1 aliphatic heterocycles. The van der Waals surface area contributed by atoms with E-state index >= 15 is 0 Å². The van der Waals surface area contributed by atoms with E-state index in [1.54, 1.807) is 6.92 Å². The van der Waals surface area contributed by atoms with Crippen LogP contribution in [-0.4, -0.2) is 42.1 Å². The number of ether oxygens (including phenoxy) is 3. The average molecular weight is 460 g/mol. The second-order valence-corrected chi connectivity index (χ2v) is 9.67. The van der Waals surface area contributed by atoms with Gasteiger partial charge in [0.1, 0.15) is 5.60 Å². The van der Waals surface area contributed by atoms with Crippen LogP contribution in [0, 0.1) is 18.8 Å². The van der Waals surface area contributed by atoms with Crippen molar-refractivity contribution in [3.8, 4) is 11.6 Å². The van der Waals surface area contributed by atoms with Crippen LogP contribution in [0.2, 0.25) is 0 Å². The third kappa shape index (κ3) is 6.39. The number of nitrogens with one attached hydrogen (secondary N) is 1. The van der Waals surface area contributed by atoms with Crippen LogP contribution < -0.4 is 14.9 Å². The van der Waals surface area contributed by atoms with Gasteiger partial charge in [-0.25, -0.2) is 0 Å². The van der Waals surface area contributed by atoms with Gasteiger partial charge >= 0.3 is 0 Å². The van der Waals surface area contributed by atoms with E-state index in [4.69, 9.17) is 14.2 Å². The van der Waals surface area contributed by atoms with Gasteiger partial charge in [-0.1, -0.05) is 56.2 Å². The smallest absolute Gasteiger partial charge is 0.238 e. The largest absolute Gasteiger partial charge is 0.488 e. The summed E-state index contributed by atoms with van der Waals surface area (Å²) in [5.41, 5.74) is 3.15. The van der Waals surface area contributed by atoms with Gasteiger partial charge < -0.3 is 24.3 Å². The van der Waals surface area contributed by atoms with Crippen molar-refractivity contribution in [2.75, 3.05) is 14.2 Å². The van der Waals surface area contributed by atoms with E-state index in [1.807, 2.05) is 20.8 Å². The van der Waals surface area contributed by atoms with Crippen molar-refractivity contribution in [1.82, 2.24) is 4.98 Å². The number of H-pyrrole nitrogens is 1. The number of aromatic nitrogens is 1. The number of aromatic amines is 1. The first-order valence-corrected chi connectivity index (χ1v) is 11.7. The van der Waals surface area contributed by atoms with Crippen molar-refractivity contribution in [3.05, 3.63) is 56.9 Å². The zero-order valence-corrected chi connectivity index (χ0v) is 21.6. The normalized spacial score (nSPS) is 23.2. The molecule has 0 aromatic carbocycles. The Morgan fingerprint density at radius 2 is 1.91 bits per heavy atom. The van der Waals surface area contributed by atoms with Crippen molar-refractivity contribution in [2.45, 2.75) is 79.1 Å². The topological polar surface area (TPSA) is 84.1 Å². The van der Waals surface area contributed by atoms with Crippen LogP contribution in [-0.2, 0) is 11.2 Å². The highest BCUT2D eigenvalue weighted by Gasteiger charge is 2.59. The van der Waals surface area contributed by atoms with E-state index in [0.717, 1.165) is 17.7 Å². The van der Waals surface area contributed by atoms with Gasteiger partial charge in [0.25, 0.3) is 0 Å². The van der Waals surface area contributed by atoms with Crippen LogP contribution in [0.15, 0.2) is 40.2 Å². The molecule has 0 aliphatic carbocycles. The van der Waals surface area contributed by atoms with Crippen LogP contribution in [0.25, 0.3) is 0 Å². The summed E-state index contributed by atoms with van der Waals surface area (Å²) in [6, 6.07) is 0. The van der Waals surface area contributed by atoms with Gasteiger partial charge in [-0.15, -0.1) is 0 Å². The van der Waals surface area contributed by atoms with Gasteiger partial charge in [0.2, 0.25) is 17.1 Å². The number of hydrogen-bond acceptors (Lipinski definition) is 5. The number of hydrogen-bond donors (Lipinski definition) is 2. The van der Waals surface area contributed by atoms with E-state index in [0.29, 0.717) is 23.8 Å². The van der Waals surface area contributed by atoms with Crippen LogP contribution in [0.4, 0.5) is 0 Å². The lowest BCUT2D eigenvalue weighted by atomic mass is 9.86. The standard InChI is InChI=1S/C27H41NO5/c1-16(2)25-27(7,33-25)24(30)19(5)15-18(4)12-10-11-17(3)13-14-21-20(6)22(29)23(31-8)26(28-21)32-9/h10,12-13,15-16,19,24-25,30H,11,14H2,1-9H3,(H,28,29)/b12-10+,17-13+,18-15+/t19-,24-,25?,27?/m1/s1. The summed E-state index contributed by atoms with van der Waals surface area (Å²) >= 11 is 0. The molecule has 6 heteroatoms. The third-order valence-electron chi connectivity index (χ3n) is 6.46. The lowest BCUT2D eigenvalue weighted by molar-refractivity contribution is 0.0563. The van der Waals surface area contributed by atoms with Crippen LogP contribution in [0.3, 0.4) is 0 Å². The van der Waals surface area contributed by atoms with Crippen molar-refractivity contribution in [1.29, 1.82) is 0 Å². The van der Waals surface area contributed by atoms with E-state index in [9.17, 15) is 9.90 Å². The molecule has 2 heterocycles. The van der Waals surface area contributed by atoms with Gasteiger partial charge in [-0.05, 0) is 40.0 Å². The molecule has 1 aliphatic rings. The quantitative estimate of drug-likeness (QED) is 0.280. The Bertz CT molecular complexity index is 971. The summed E-state index contributed by atoms with van der Waals surface area (Å²) in [6.07, 6.45) is 9.41. The monoisotopic (exact) mass is 459 g/mol. The zero-order chi connectivity index (χ0) is 24.9. The number of aliphatic hydroxyl groups excluding tert-OH is 1. The molecule has 6 nitrogen and oxygen atoms in total. The molecule has 2 N–H and O–H groups in total. The van der Waals surface area contributed by atoms with Gasteiger partial charge in [-0.2, -0.15) is 0 Å². The Kier molecular flexibility index (Phi) is 9.15. The molecular weight excluding hydrogens is 418 g/mol. The lowest BCUT2D eigenvalue weighted by Crippen LogP contribution is -2.35. The third-order valence-corrected chi connectivity index (χ3v) is 6.46. The van der Waals surface area contributed by atoms with Gasteiger partial charge in [0.15, 0.2) is 0 Å². The molecule has 0 saturated carbocycles. The maximum absolute atomic E-state index is 12.5. The van der Waals surface area contributed by atoms with E-state index in [1.165, 1.54) is 19.8 Å². The highest BCUT2D eigenvalue weighted by molar-refractivity contribution is 5.40. The van der Waals surface area contributed by atoms with Crippen molar-refractivity contribution >= 4 is 0 Å². The first-order valence-electron chi connectivity index (χ1n) is 11.7. The predicted molar refractivity (Wildman–Crippen MR) is 133 cm³/mol. The molecule has 184 valence electrons. The van der Waals surface area contributed by atoms with Crippen LogP contribution in [0.5, 0.6) is 11.6 Å². The second-order valence-electron chi connectivity index (χ2n) is 9.67. The summed E-state index contributed by atoms with van der Waals surface area (Å²) in [5.74, 6) is 0.948. The Morgan fingerprint density at radius 1 is 1.24 bits per heavy atom. The maximum atomic E-state index is 12.5. The molecule has 2 rings (SSSR count). The first-order chi connectivity index (χ1) is 15.5. The average Bonchev–Trinajstić information content (AvgIpc) is 3.47. The summed E-state index contributed by atoms with van der Waals surface area (Å²) < 4.78 is 16.2. The minimum Gasteiger partial charge on any atom is -0.488 e. The Morgan fingerprint density at radius 3 is 2.45 bits per heavy atom. The van der Waals surface area contributed by atoms with Crippen molar-refractivity contribution < 1.29 is 19.3 Å². The summed E-state index contributed by atoms with van der Waals surface area (Å²) in [6.45, 7) is 14.2. The molecule has 1 fully saturated rings. The zero-order valence-electron chi connectivity index (χ0n) is 21.6. The second kappa shape index (κ2) is 11.2. The molecule has 0 amide bonds. The molecule has 1 aromatic heterocycles. The first kappa shape index (κ1) is 26.9. The highest BCUT2D eigenvalue weighted by Crippen LogP contribution is 2.45. The summed E-state index contributed by atoms with van der Waals surface area (Å²) in [5, 5.41) is 10.7. The van der Waals surface area contributed by atoms with E-state index in [2.05, 4.69) is 50.1 Å². The molecular formula is C27H41NO5. The minimum absolute atomic E-state index is 0.00453. The molecule has 0 radical (unpaired) electrons. The van der Waals surface area contributed by atoms with Crippen LogP contribution >= 0.6 is 0 Å². The fraction of sp³-hybridized carbons (Fsp3) is 0.593. The predicted octanol–water partition coefficient (Wildman–Crippen LogP) is 4.89. The summed E-state index contributed by atoms with van der Waals surface area (Å²) in [4.78, 5) is 15.6. The SMILES string of the molecule is COc1[nH]c(C/C=C(\C)C/C=C/C(C)=C/[C@@H](C)[C@@H](O)C2(C)OC2C(C)C)c(C)c(=O)c1OC. The highest BCUT2D eigenvalue weighted by atomic mass is 16.6. The minimum atomic E-state index is -0.526. The number of pyridine rings is 1. The number of aliphatic hydroxyl groups is 1. The maximum Gasteiger partial charge on any atom is 0.238 e. The molecule has 4 atom stereocenters. The number of methoxy groups -OCH3 is 2. The number of rotatable bonds is 11. The Labute approximate surface area is 198 Å². The van der Waals surface area contributed by atoms with Crippen molar-refractivity contribution in [2.24, 2.45) is 11.8 Å². The molecule has 0 spiro atoms. The molecule has 33 heavy (non-hydrogen) atoms. The van der Waals surface area contributed by atoms with E-state index < -0.39 is 11.7 Å². The van der Waals surface area contributed by atoms with Gasteiger partial charge in [0, 0.05) is 23.6 Å². The number of allylic oxidation sites excluding steroid dienone is 5. The van der Waals surface area contributed by atoms with Gasteiger partial charge in [-0.3, -0.25) is 4.79 Å². The molecule has 2 unspecified atom stereocenters. The van der Waals surface area contributed by atoms with Gasteiger partial charge in [0.05, 0.1) is 26.4 Å². The fourth-order valence-electron chi connectivity index (χ4n) is 4.38. The van der Waals surface area contributed by atoms with E-state index in [-0.39, 0.29) is 23.2 Å². The Balaban J connectivity index is 1.97. The fourth-order valence-corrected chi connectivity index (χ4v) is 4.38. The Hall–Kier alpha value is -2.31.